The SMILES string of the molecule is COc1ccccc1N(CCNS(C)(=O)=O)S(C)(=O)=O. The molecule has 0 amide bonds. The molecule has 1 N–H and O–H groups in total. The average Bonchev–Trinajstić information content (AvgIpc) is 2.32. The van der Waals surface area contributed by atoms with E-state index in [1.165, 1.54) is 7.11 Å². The highest BCUT2D eigenvalue weighted by atomic mass is 32.2. The molecule has 0 atom stereocenters. The molecule has 0 fully saturated rings. The van der Waals surface area contributed by atoms with Crippen LogP contribution in [0.1, 0.15) is 0 Å². The summed E-state index contributed by atoms with van der Waals surface area (Å²) in [6, 6.07) is 6.63. The van der Waals surface area contributed by atoms with E-state index in [2.05, 4.69) is 4.72 Å². The average molecular weight is 322 g/mol. The number of nitrogens with one attached hydrogen (secondary N) is 1. The molecule has 0 saturated carbocycles. The third-order valence-corrected chi connectivity index (χ3v) is 4.34. The number of rotatable bonds is 7. The second kappa shape index (κ2) is 6.42. The fourth-order valence-electron chi connectivity index (χ4n) is 1.63. The summed E-state index contributed by atoms with van der Waals surface area (Å²) in [6.07, 6.45) is 2.07. The standard InChI is InChI=1S/C11H18N2O5S2/c1-18-11-7-5-4-6-10(11)13(20(3,16)17)9-8-12-19(2,14)15/h4-7,12H,8-9H2,1-3H3. The van der Waals surface area contributed by atoms with Gasteiger partial charge in [0, 0.05) is 13.1 Å². The van der Waals surface area contributed by atoms with E-state index >= 15 is 0 Å². The Morgan fingerprint density at radius 1 is 1.15 bits per heavy atom. The van der Waals surface area contributed by atoms with E-state index in [1.807, 2.05) is 0 Å². The molecule has 9 heteroatoms. The third kappa shape index (κ3) is 4.99. The molecule has 0 radical (unpaired) electrons. The smallest absolute Gasteiger partial charge is 0.232 e. The Balaban J connectivity index is 3.02. The van der Waals surface area contributed by atoms with Crippen LogP contribution in [0.3, 0.4) is 0 Å². The second-order valence-corrected chi connectivity index (χ2v) is 7.91. The lowest BCUT2D eigenvalue weighted by Crippen LogP contribution is -2.38. The minimum Gasteiger partial charge on any atom is -0.495 e. The van der Waals surface area contributed by atoms with E-state index in [0.717, 1.165) is 16.8 Å². The summed E-state index contributed by atoms with van der Waals surface area (Å²) in [6.45, 7) is -0.0454. The van der Waals surface area contributed by atoms with Crippen molar-refractivity contribution in [3.8, 4) is 5.75 Å². The van der Waals surface area contributed by atoms with Gasteiger partial charge < -0.3 is 4.74 Å². The number of ether oxygens (including phenoxy) is 1. The molecule has 0 unspecified atom stereocenters. The Hall–Kier alpha value is -1.32. The Kier molecular flexibility index (Phi) is 5.37. The monoisotopic (exact) mass is 322 g/mol. The fourth-order valence-corrected chi connectivity index (χ4v) is 3.03. The lowest BCUT2D eigenvalue weighted by atomic mass is 10.3. The summed E-state index contributed by atoms with van der Waals surface area (Å²) < 4.78 is 54.2. The molecule has 20 heavy (non-hydrogen) atoms. The molecule has 0 bridgehead atoms. The van der Waals surface area contributed by atoms with E-state index in [1.54, 1.807) is 24.3 Å². The minimum atomic E-state index is -3.55. The highest BCUT2D eigenvalue weighted by Crippen LogP contribution is 2.28. The molecular formula is C11H18N2O5S2. The third-order valence-electron chi connectivity index (χ3n) is 2.43. The van der Waals surface area contributed by atoms with E-state index in [9.17, 15) is 16.8 Å². The van der Waals surface area contributed by atoms with Crippen LogP contribution >= 0.6 is 0 Å². The molecule has 0 aliphatic heterocycles. The topological polar surface area (TPSA) is 92.8 Å². The zero-order chi connectivity index (χ0) is 15.4. The number of para-hydroxylation sites is 2. The second-order valence-electron chi connectivity index (χ2n) is 4.17. The number of anilines is 1. The maximum atomic E-state index is 11.8. The summed E-state index contributed by atoms with van der Waals surface area (Å²) >= 11 is 0. The zero-order valence-corrected chi connectivity index (χ0v) is 13.2. The van der Waals surface area contributed by atoms with Crippen molar-refractivity contribution in [1.82, 2.24) is 4.72 Å². The van der Waals surface area contributed by atoms with Gasteiger partial charge in [-0.25, -0.2) is 21.6 Å². The van der Waals surface area contributed by atoms with E-state index in [4.69, 9.17) is 4.74 Å². The van der Waals surface area contributed by atoms with Crippen LogP contribution in [0.5, 0.6) is 5.75 Å². The van der Waals surface area contributed by atoms with Crippen LogP contribution in [-0.2, 0) is 20.0 Å². The van der Waals surface area contributed by atoms with Gasteiger partial charge in [0.15, 0.2) is 0 Å². The number of nitrogens with zero attached hydrogens (tertiary/aromatic N) is 1. The Bertz CT molecular complexity index is 655. The predicted octanol–water partition coefficient (Wildman–Crippen LogP) is 0.0104. The molecule has 0 aromatic heterocycles. The Labute approximate surface area is 119 Å². The van der Waals surface area contributed by atoms with Crippen molar-refractivity contribution in [2.45, 2.75) is 0 Å². The van der Waals surface area contributed by atoms with Gasteiger partial charge in [-0.2, -0.15) is 0 Å². The highest BCUT2D eigenvalue weighted by molar-refractivity contribution is 7.92. The van der Waals surface area contributed by atoms with Gasteiger partial charge in [0.05, 0.1) is 25.3 Å². The van der Waals surface area contributed by atoms with Crippen molar-refractivity contribution >= 4 is 25.7 Å². The van der Waals surface area contributed by atoms with Gasteiger partial charge in [0.25, 0.3) is 0 Å². The normalized spacial score (nSPS) is 12.2. The van der Waals surface area contributed by atoms with Gasteiger partial charge in [-0.15, -0.1) is 0 Å². The highest BCUT2D eigenvalue weighted by Gasteiger charge is 2.20. The molecule has 0 saturated heterocycles. The van der Waals surface area contributed by atoms with Gasteiger partial charge in [-0.05, 0) is 12.1 Å². The van der Waals surface area contributed by atoms with Crippen molar-refractivity contribution in [3.05, 3.63) is 24.3 Å². The summed E-state index contributed by atoms with van der Waals surface area (Å²) in [5, 5.41) is 0. The molecule has 0 aliphatic carbocycles. The fraction of sp³-hybridized carbons (Fsp3) is 0.455. The van der Waals surface area contributed by atoms with Gasteiger partial charge >= 0.3 is 0 Å². The first-order valence-electron chi connectivity index (χ1n) is 5.70. The number of methoxy groups -OCH3 is 1. The summed E-state index contributed by atoms with van der Waals surface area (Å²) in [5.74, 6) is 0.400. The van der Waals surface area contributed by atoms with Crippen molar-refractivity contribution in [2.75, 3.05) is 37.0 Å². The number of sulfonamides is 2. The number of benzene rings is 1. The molecule has 0 spiro atoms. The first-order valence-corrected chi connectivity index (χ1v) is 9.44. The van der Waals surface area contributed by atoms with Crippen molar-refractivity contribution in [1.29, 1.82) is 0 Å². The molecule has 0 aliphatic rings. The molecule has 1 aromatic carbocycles. The molecule has 1 rings (SSSR count). The van der Waals surface area contributed by atoms with Gasteiger partial charge in [0.2, 0.25) is 20.0 Å². The molecule has 7 nitrogen and oxygen atoms in total. The van der Waals surface area contributed by atoms with Crippen LogP contribution in [0.2, 0.25) is 0 Å². The predicted molar refractivity (Wildman–Crippen MR) is 78.0 cm³/mol. The van der Waals surface area contributed by atoms with Crippen LogP contribution in [0, 0.1) is 0 Å². The summed E-state index contributed by atoms with van der Waals surface area (Å²) in [7, 11) is -5.48. The van der Waals surface area contributed by atoms with E-state index in [-0.39, 0.29) is 13.1 Å². The summed E-state index contributed by atoms with van der Waals surface area (Å²) in [5.41, 5.74) is 0.368. The first kappa shape index (κ1) is 16.7. The Morgan fingerprint density at radius 2 is 1.75 bits per heavy atom. The van der Waals surface area contributed by atoms with Crippen LogP contribution in [-0.4, -0.2) is 49.5 Å². The molecule has 114 valence electrons. The van der Waals surface area contributed by atoms with Crippen LogP contribution in [0.4, 0.5) is 5.69 Å². The van der Waals surface area contributed by atoms with Crippen LogP contribution in [0.25, 0.3) is 0 Å². The van der Waals surface area contributed by atoms with Crippen molar-refractivity contribution in [3.63, 3.8) is 0 Å². The van der Waals surface area contributed by atoms with Crippen LogP contribution < -0.4 is 13.8 Å². The minimum absolute atomic E-state index is 0.0216. The van der Waals surface area contributed by atoms with Gasteiger partial charge in [-0.1, -0.05) is 12.1 Å². The Morgan fingerprint density at radius 3 is 2.25 bits per heavy atom. The van der Waals surface area contributed by atoms with E-state index in [0.29, 0.717) is 11.4 Å². The quantitative estimate of drug-likeness (QED) is 0.763. The van der Waals surface area contributed by atoms with Crippen molar-refractivity contribution < 1.29 is 21.6 Å². The van der Waals surface area contributed by atoms with E-state index < -0.39 is 20.0 Å². The molecule has 0 heterocycles. The number of hydrogen-bond donors (Lipinski definition) is 1. The lowest BCUT2D eigenvalue weighted by molar-refractivity contribution is 0.415. The van der Waals surface area contributed by atoms with Crippen LogP contribution in [0.15, 0.2) is 24.3 Å². The summed E-state index contributed by atoms with van der Waals surface area (Å²) in [4.78, 5) is 0. The zero-order valence-electron chi connectivity index (χ0n) is 11.5. The van der Waals surface area contributed by atoms with Crippen molar-refractivity contribution in [2.24, 2.45) is 0 Å². The lowest BCUT2D eigenvalue weighted by Gasteiger charge is -2.24. The maximum absolute atomic E-state index is 11.8. The maximum Gasteiger partial charge on any atom is 0.232 e. The first-order chi connectivity index (χ1) is 9.15. The molecule has 1 aromatic rings. The van der Waals surface area contributed by atoms with Gasteiger partial charge in [0.1, 0.15) is 5.75 Å². The van der Waals surface area contributed by atoms with Gasteiger partial charge in [-0.3, -0.25) is 4.31 Å². The number of hydrogen-bond acceptors (Lipinski definition) is 5. The largest absolute Gasteiger partial charge is 0.495 e. The molecular weight excluding hydrogens is 304 g/mol.